The first-order chi connectivity index (χ1) is 12.6. The van der Waals surface area contributed by atoms with Crippen molar-refractivity contribution >= 4 is 23.5 Å². The molecule has 0 saturated carbocycles. The molecule has 0 aliphatic heterocycles. The van der Waals surface area contributed by atoms with Crippen molar-refractivity contribution in [2.45, 2.75) is 13.0 Å². The highest BCUT2D eigenvalue weighted by Gasteiger charge is 2.04. The molecule has 0 unspecified atom stereocenters. The summed E-state index contributed by atoms with van der Waals surface area (Å²) in [6, 6.07) is 13.6. The highest BCUT2D eigenvalue weighted by Crippen LogP contribution is 2.10. The number of carbonyl (C=O) groups is 1. The predicted molar refractivity (Wildman–Crippen MR) is 103 cm³/mol. The van der Waals surface area contributed by atoms with Crippen molar-refractivity contribution in [1.82, 2.24) is 16.0 Å². The SMILES string of the molecule is CN=C(NCCNC(=O)Cc1cccc(F)c1)NCc1cccc(Cl)c1. The molecule has 2 aromatic rings. The van der Waals surface area contributed by atoms with Crippen molar-refractivity contribution < 1.29 is 9.18 Å². The Morgan fingerprint density at radius 3 is 2.50 bits per heavy atom. The second kappa shape index (κ2) is 10.4. The van der Waals surface area contributed by atoms with E-state index >= 15 is 0 Å². The number of nitrogens with zero attached hydrogens (tertiary/aromatic N) is 1. The number of benzene rings is 2. The zero-order valence-corrected chi connectivity index (χ0v) is 15.3. The van der Waals surface area contributed by atoms with Gasteiger partial charge in [0, 0.05) is 31.7 Å². The Labute approximate surface area is 157 Å². The molecule has 7 heteroatoms. The second-order valence-electron chi connectivity index (χ2n) is 5.64. The number of carbonyl (C=O) groups excluding carboxylic acids is 1. The molecule has 138 valence electrons. The minimum atomic E-state index is -0.341. The van der Waals surface area contributed by atoms with Crippen molar-refractivity contribution in [3.63, 3.8) is 0 Å². The maximum absolute atomic E-state index is 13.1. The van der Waals surface area contributed by atoms with Gasteiger partial charge in [-0.15, -0.1) is 0 Å². The third kappa shape index (κ3) is 7.11. The van der Waals surface area contributed by atoms with E-state index in [0.29, 0.717) is 36.2 Å². The van der Waals surface area contributed by atoms with Gasteiger partial charge in [0.15, 0.2) is 5.96 Å². The van der Waals surface area contributed by atoms with Gasteiger partial charge in [0.05, 0.1) is 6.42 Å². The number of hydrogen-bond acceptors (Lipinski definition) is 2. The van der Waals surface area contributed by atoms with Crippen LogP contribution in [-0.2, 0) is 17.8 Å². The van der Waals surface area contributed by atoms with Crippen LogP contribution in [0.3, 0.4) is 0 Å². The Hall–Kier alpha value is -2.60. The third-order valence-electron chi connectivity index (χ3n) is 3.57. The van der Waals surface area contributed by atoms with Gasteiger partial charge in [0.2, 0.25) is 5.91 Å². The largest absolute Gasteiger partial charge is 0.355 e. The number of rotatable bonds is 7. The lowest BCUT2D eigenvalue weighted by Crippen LogP contribution is -2.41. The van der Waals surface area contributed by atoms with Gasteiger partial charge < -0.3 is 16.0 Å². The van der Waals surface area contributed by atoms with Crippen LogP contribution in [0.4, 0.5) is 4.39 Å². The number of guanidine groups is 1. The van der Waals surface area contributed by atoms with E-state index in [-0.39, 0.29) is 18.1 Å². The summed E-state index contributed by atoms with van der Waals surface area (Å²) in [5.41, 5.74) is 1.69. The van der Waals surface area contributed by atoms with Crippen molar-refractivity contribution in [2.75, 3.05) is 20.1 Å². The Bertz CT molecular complexity index is 767. The van der Waals surface area contributed by atoms with E-state index in [1.807, 2.05) is 24.3 Å². The maximum Gasteiger partial charge on any atom is 0.224 e. The fourth-order valence-corrected chi connectivity index (χ4v) is 2.54. The van der Waals surface area contributed by atoms with Crippen LogP contribution < -0.4 is 16.0 Å². The summed E-state index contributed by atoms with van der Waals surface area (Å²) in [7, 11) is 1.68. The minimum absolute atomic E-state index is 0.152. The Kier molecular flexibility index (Phi) is 7.89. The molecule has 2 rings (SSSR count). The third-order valence-corrected chi connectivity index (χ3v) is 3.80. The van der Waals surface area contributed by atoms with Gasteiger partial charge in [-0.2, -0.15) is 0 Å². The highest BCUT2D eigenvalue weighted by atomic mass is 35.5. The molecule has 2 aromatic carbocycles. The number of aliphatic imine (C=N–C) groups is 1. The van der Waals surface area contributed by atoms with Crippen molar-refractivity contribution in [3.8, 4) is 0 Å². The molecule has 0 aromatic heterocycles. The normalized spacial score (nSPS) is 11.1. The zero-order valence-electron chi connectivity index (χ0n) is 14.6. The maximum atomic E-state index is 13.1. The molecule has 0 atom stereocenters. The van der Waals surface area contributed by atoms with Crippen LogP contribution in [0.1, 0.15) is 11.1 Å². The van der Waals surface area contributed by atoms with Crippen LogP contribution in [0.25, 0.3) is 0 Å². The summed E-state index contributed by atoms with van der Waals surface area (Å²) in [4.78, 5) is 16.0. The first-order valence-corrected chi connectivity index (χ1v) is 8.64. The number of nitrogens with one attached hydrogen (secondary N) is 3. The molecule has 0 saturated heterocycles. The van der Waals surface area contributed by atoms with E-state index in [4.69, 9.17) is 11.6 Å². The first kappa shape index (κ1) is 19.7. The average molecular weight is 377 g/mol. The van der Waals surface area contributed by atoms with Gasteiger partial charge in [-0.25, -0.2) is 4.39 Å². The summed E-state index contributed by atoms with van der Waals surface area (Å²) >= 11 is 5.96. The van der Waals surface area contributed by atoms with Crippen LogP contribution in [0.15, 0.2) is 53.5 Å². The topological polar surface area (TPSA) is 65.5 Å². The molecule has 0 heterocycles. The molecule has 0 aliphatic carbocycles. The molecule has 3 N–H and O–H groups in total. The number of amides is 1. The summed E-state index contributed by atoms with van der Waals surface area (Å²) in [5.74, 6) is 0.134. The average Bonchev–Trinajstić information content (AvgIpc) is 2.61. The van der Waals surface area contributed by atoms with Crippen molar-refractivity contribution in [1.29, 1.82) is 0 Å². The van der Waals surface area contributed by atoms with E-state index in [0.717, 1.165) is 5.56 Å². The van der Waals surface area contributed by atoms with Gasteiger partial charge in [-0.05, 0) is 35.4 Å². The number of hydrogen-bond donors (Lipinski definition) is 3. The zero-order chi connectivity index (χ0) is 18.8. The van der Waals surface area contributed by atoms with E-state index < -0.39 is 0 Å². The summed E-state index contributed by atoms with van der Waals surface area (Å²) in [6.45, 7) is 1.54. The Morgan fingerprint density at radius 1 is 1.04 bits per heavy atom. The molecule has 0 fully saturated rings. The lowest BCUT2D eigenvalue weighted by molar-refractivity contribution is -0.120. The smallest absolute Gasteiger partial charge is 0.224 e. The van der Waals surface area contributed by atoms with Crippen molar-refractivity contribution in [2.24, 2.45) is 4.99 Å². The van der Waals surface area contributed by atoms with Gasteiger partial charge in [0.25, 0.3) is 0 Å². The van der Waals surface area contributed by atoms with Gasteiger partial charge in [-0.1, -0.05) is 35.9 Å². The van der Waals surface area contributed by atoms with Crippen LogP contribution in [0, 0.1) is 5.82 Å². The fourth-order valence-electron chi connectivity index (χ4n) is 2.33. The second-order valence-corrected chi connectivity index (χ2v) is 6.08. The van der Waals surface area contributed by atoms with Crippen LogP contribution in [-0.4, -0.2) is 32.0 Å². The molecule has 0 bridgehead atoms. The van der Waals surface area contributed by atoms with Crippen molar-refractivity contribution in [3.05, 3.63) is 70.5 Å². The highest BCUT2D eigenvalue weighted by molar-refractivity contribution is 6.30. The summed E-state index contributed by atoms with van der Waals surface area (Å²) < 4.78 is 13.1. The standard InChI is InChI=1S/C19H22ClFN4O/c1-22-19(25-13-15-5-2-6-16(20)10-15)24-9-8-23-18(26)12-14-4-3-7-17(21)11-14/h2-7,10-11H,8-9,12-13H2,1H3,(H,23,26)(H2,22,24,25). The first-order valence-electron chi connectivity index (χ1n) is 8.27. The van der Waals surface area contributed by atoms with Crippen LogP contribution in [0.5, 0.6) is 0 Å². The van der Waals surface area contributed by atoms with Gasteiger partial charge in [0.1, 0.15) is 5.82 Å². The summed E-state index contributed by atoms with van der Waals surface area (Å²) in [6.07, 6.45) is 0.152. The van der Waals surface area contributed by atoms with Crippen LogP contribution >= 0.6 is 11.6 Å². The van der Waals surface area contributed by atoms with E-state index in [1.54, 1.807) is 19.2 Å². The van der Waals surface area contributed by atoms with E-state index in [9.17, 15) is 9.18 Å². The van der Waals surface area contributed by atoms with E-state index in [1.165, 1.54) is 12.1 Å². The molecule has 26 heavy (non-hydrogen) atoms. The minimum Gasteiger partial charge on any atom is -0.355 e. The monoisotopic (exact) mass is 376 g/mol. The number of halogens is 2. The van der Waals surface area contributed by atoms with E-state index in [2.05, 4.69) is 20.9 Å². The predicted octanol–water partition coefficient (Wildman–Crippen LogP) is 2.50. The molecule has 0 aliphatic rings. The van der Waals surface area contributed by atoms with Crippen LogP contribution in [0.2, 0.25) is 5.02 Å². The Morgan fingerprint density at radius 2 is 1.77 bits per heavy atom. The molecule has 0 spiro atoms. The molecule has 1 amide bonds. The Balaban J connectivity index is 1.66. The molecular weight excluding hydrogens is 355 g/mol. The molecule has 0 radical (unpaired) electrons. The lowest BCUT2D eigenvalue weighted by Gasteiger charge is -2.12. The molecule has 5 nitrogen and oxygen atoms in total. The summed E-state index contributed by atoms with van der Waals surface area (Å²) in [5, 5.41) is 9.76. The lowest BCUT2D eigenvalue weighted by atomic mass is 10.1. The van der Waals surface area contributed by atoms with Gasteiger partial charge >= 0.3 is 0 Å². The van der Waals surface area contributed by atoms with Gasteiger partial charge in [-0.3, -0.25) is 9.79 Å². The molecular formula is C19H22ClFN4O. The fraction of sp³-hybridized carbons (Fsp3) is 0.263. The quantitative estimate of drug-likeness (QED) is 0.395.